The molecule has 0 aliphatic heterocycles. The smallest absolute Gasteiger partial charge is 0.105 e. The molecular formula is C28H52BF. The third-order valence-electron chi connectivity index (χ3n) is 9.29. The minimum absolute atomic E-state index is 0.514. The topological polar surface area (TPSA) is 0 Å². The van der Waals surface area contributed by atoms with Crippen molar-refractivity contribution in [3.63, 3.8) is 0 Å². The molecule has 0 bridgehead atoms. The Labute approximate surface area is 189 Å². The maximum atomic E-state index is 14.9. The average Bonchev–Trinajstić information content (AvgIpc) is 2.82. The molecule has 0 nitrogen and oxygen atoms in total. The van der Waals surface area contributed by atoms with E-state index in [0.29, 0.717) is 5.92 Å². The molecule has 0 aromatic rings. The van der Waals surface area contributed by atoms with Gasteiger partial charge < -0.3 is 0 Å². The van der Waals surface area contributed by atoms with Crippen LogP contribution in [0.1, 0.15) is 141 Å². The van der Waals surface area contributed by atoms with E-state index in [-0.39, 0.29) is 0 Å². The van der Waals surface area contributed by atoms with Crippen molar-refractivity contribution in [3.05, 3.63) is 0 Å². The molecule has 3 fully saturated rings. The van der Waals surface area contributed by atoms with Crippen LogP contribution in [-0.2, 0) is 0 Å². The van der Waals surface area contributed by atoms with E-state index >= 15 is 0 Å². The van der Waals surface area contributed by atoms with E-state index in [1.54, 1.807) is 0 Å². The Kier molecular flexibility index (Phi) is 11.7. The van der Waals surface area contributed by atoms with Crippen molar-refractivity contribution in [3.8, 4) is 0 Å². The van der Waals surface area contributed by atoms with Gasteiger partial charge >= 0.3 is 0 Å². The first-order chi connectivity index (χ1) is 14.7. The van der Waals surface area contributed by atoms with Gasteiger partial charge in [0.15, 0.2) is 0 Å². The maximum absolute atomic E-state index is 14.9. The monoisotopic (exact) mass is 418 g/mol. The minimum Gasteiger partial charge on any atom is -0.247 e. The second-order valence-electron chi connectivity index (χ2n) is 11.8. The standard InChI is InChI=1S/C28H52BF/c29-27-17-10-6-5-9-13-23(16-11-12-18-27)25-19-20-28(30)22-26(21-25)24-14-7-3-1-2-4-8-15-24/h23-28H,1-22,29H2. The molecule has 0 amide bonds. The van der Waals surface area contributed by atoms with E-state index in [9.17, 15) is 4.39 Å². The molecule has 5 atom stereocenters. The third-order valence-corrected chi connectivity index (χ3v) is 9.29. The van der Waals surface area contributed by atoms with Crippen LogP contribution >= 0.6 is 0 Å². The molecular weight excluding hydrogens is 366 g/mol. The van der Waals surface area contributed by atoms with Gasteiger partial charge in [-0.3, -0.25) is 0 Å². The van der Waals surface area contributed by atoms with Gasteiger partial charge in [-0.25, -0.2) is 4.39 Å². The summed E-state index contributed by atoms with van der Waals surface area (Å²) in [5.74, 6) is 4.16. The zero-order chi connectivity index (χ0) is 21.0. The molecule has 0 aromatic carbocycles. The molecule has 3 aliphatic carbocycles. The molecule has 0 aromatic heterocycles. The zero-order valence-electron chi connectivity index (χ0n) is 20.4. The Morgan fingerprint density at radius 2 is 0.833 bits per heavy atom. The van der Waals surface area contributed by atoms with Crippen molar-refractivity contribution in [2.75, 3.05) is 0 Å². The van der Waals surface area contributed by atoms with E-state index in [0.717, 1.165) is 36.4 Å². The normalized spacial score (nSPS) is 37.6. The summed E-state index contributed by atoms with van der Waals surface area (Å²) in [5, 5.41) is 0. The highest BCUT2D eigenvalue weighted by Gasteiger charge is 2.33. The molecule has 174 valence electrons. The Balaban J connectivity index is 1.61. The largest absolute Gasteiger partial charge is 0.247 e. The van der Waals surface area contributed by atoms with Gasteiger partial charge in [-0.15, -0.1) is 0 Å². The van der Waals surface area contributed by atoms with E-state index < -0.39 is 6.17 Å². The zero-order valence-corrected chi connectivity index (χ0v) is 20.4. The molecule has 3 saturated carbocycles. The van der Waals surface area contributed by atoms with Gasteiger partial charge in [-0.05, 0) is 49.4 Å². The molecule has 5 unspecified atom stereocenters. The molecule has 0 N–H and O–H groups in total. The van der Waals surface area contributed by atoms with Crippen molar-refractivity contribution in [2.45, 2.75) is 153 Å². The lowest BCUT2D eigenvalue weighted by molar-refractivity contribution is 0.172. The lowest BCUT2D eigenvalue weighted by Gasteiger charge is -2.33. The Morgan fingerprint density at radius 1 is 0.400 bits per heavy atom. The lowest BCUT2D eigenvalue weighted by Crippen LogP contribution is -2.23. The van der Waals surface area contributed by atoms with Crippen molar-refractivity contribution in [1.82, 2.24) is 0 Å². The summed E-state index contributed by atoms with van der Waals surface area (Å²) in [4.78, 5) is 0. The van der Waals surface area contributed by atoms with Gasteiger partial charge in [0, 0.05) is 0 Å². The Bertz CT molecular complexity index is 428. The molecule has 0 saturated heterocycles. The molecule has 2 heteroatoms. The van der Waals surface area contributed by atoms with E-state index in [1.165, 1.54) is 128 Å². The Hall–Kier alpha value is -0.00506. The van der Waals surface area contributed by atoms with Crippen molar-refractivity contribution < 1.29 is 4.39 Å². The number of hydrogen-bond donors (Lipinski definition) is 0. The van der Waals surface area contributed by atoms with Gasteiger partial charge in [0.25, 0.3) is 0 Å². The molecule has 3 rings (SSSR count). The number of rotatable bonds is 2. The van der Waals surface area contributed by atoms with Crippen LogP contribution < -0.4 is 0 Å². The highest BCUT2D eigenvalue weighted by atomic mass is 19.1. The van der Waals surface area contributed by atoms with Crippen LogP contribution in [0.4, 0.5) is 4.39 Å². The maximum Gasteiger partial charge on any atom is 0.105 e. The summed E-state index contributed by atoms with van der Waals surface area (Å²) in [6.45, 7) is 0. The summed E-state index contributed by atoms with van der Waals surface area (Å²) in [6.07, 6.45) is 29.5. The summed E-state index contributed by atoms with van der Waals surface area (Å²) in [6, 6.07) is 0. The predicted octanol–water partition coefficient (Wildman–Crippen LogP) is 8.83. The van der Waals surface area contributed by atoms with Crippen LogP contribution in [0.2, 0.25) is 5.82 Å². The van der Waals surface area contributed by atoms with E-state index in [4.69, 9.17) is 0 Å². The first-order valence-corrected chi connectivity index (χ1v) is 14.4. The molecule has 0 spiro atoms. The Morgan fingerprint density at radius 3 is 1.43 bits per heavy atom. The summed E-state index contributed by atoms with van der Waals surface area (Å²) < 4.78 is 14.9. The van der Waals surface area contributed by atoms with Gasteiger partial charge in [0.2, 0.25) is 0 Å². The van der Waals surface area contributed by atoms with E-state index in [1.807, 2.05) is 0 Å². The predicted molar refractivity (Wildman–Crippen MR) is 133 cm³/mol. The second kappa shape index (κ2) is 14.2. The first-order valence-electron chi connectivity index (χ1n) is 14.4. The van der Waals surface area contributed by atoms with Crippen LogP contribution in [0, 0.1) is 23.7 Å². The van der Waals surface area contributed by atoms with Crippen molar-refractivity contribution >= 4 is 7.85 Å². The fraction of sp³-hybridized carbons (Fsp3) is 1.00. The number of alkyl halides is 1. The summed E-state index contributed by atoms with van der Waals surface area (Å²) in [5.41, 5.74) is 0. The lowest BCUT2D eigenvalue weighted by atomic mass is 9.72. The van der Waals surface area contributed by atoms with Crippen LogP contribution in [0.25, 0.3) is 0 Å². The van der Waals surface area contributed by atoms with Crippen LogP contribution in [0.3, 0.4) is 0 Å². The van der Waals surface area contributed by atoms with Crippen LogP contribution in [0.15, 0.2) is 0 Å². The van der Waals surface area contributed by atoms with Crippen LogP contribution in [0.5, 0.6) is 0 Å². The molecule has 30 heavy (non-hydrogen) atoms. The van der Waals surface area contributed by atoms with Gasteiger partial charge in [0.05, 0.1) is 0 Å². The number of hydrogen-bond acceptors (Lipinski definition) is 0. The second-order valence-corrected chi connectivity index (χ2v) is 11.8. The fourth-order valence-electron chi connectivity index (χ4n) is 7.31. The fourth-order valence-corrected chi connectivity index (χ4v) is 7.31. The van der Waals surface area contributed by atoms with Crippen LogP contribution in [-0.4, -0.2) is 14.0 Å². The minimum atomic E-state index is -0.514. The molecule has 0 radical (unpaired) electrons. The molecule has 0 heterocycles. The first kappa shape index (κ1) is 24.6. The van der Waals surface area contributed by atoms with Gasteiger partial charge in [-0.1, -0.05) is 121 Å². The summed E-state index contributed by atoms with van der Waals surface area (Å²) in [7, 11) is 2.47. The highest BCUT2D eigenvalue weighted by molar-refractivity contribution is 6.11. The van der Waals surface area contributed by atoms with Gasteiger partial charge in [-0.2, -0.15) is 0 Å². The van der Waals surface area contributed by atoms with E-state index in [2.05, 4.69) is 7.85 Å². The number of halogens is 1. The highest BCUT2D eigenvalue weighted by Crippen LogP contribution is 2.43. The third kappa shape index (κ3) is 8.86. The van der Waals surface area contributed by atoms with Crippen molar-refractivity contribution in [1.29, 1.82) is 0 Å². The summed E-state index contributed by atoms with van der Waals surface area (Å²) >= 11 is 0. The van der Waals surface area contributed by atoms with Gasteiger partial charge in [0.1, 0.15) is 14.0 Å². The average molecular weight is 419 g/mol. The quantitative estimate of drug-likeness (QED) is 0.310. The SMILES string of the molecule is BC1CCCCCCC(C2CCC(F)CC(C3CCCCCCCC3)C2)CCCC1. The molecule has 3 aliphatic rings. The van der Waals surface area contributed by atoms with Crippen molar-refractivity contribution in [2.24, 2.45) is 23.7 Å².